The molecule has 2 aliphatic rings. The Labute approximate surface area is 130 Å². The van der Waals surface area contributed by atoms with Crippen LogP contribution in [0.4, 0.5) is 4.79 Å². The van der Waals surface area contributed by atoms with Crippen molar-refractivity contribution in [1.82, 2.24) is 10.2 Å². The van der Waals surface area contributed by atoms with E-state index in [1.807, 2.05) is 25.1 Å². The van der Waals surface area contributed by atoms with E-state index in [1.54, 1.807) is 4.90 Å². The Morgan fingerprint density at radius 3 is 3.00 bits per heavy atom. The smallest absolute Gasteiger partial charge is 0.317 e. The molecule has 1 fully saturated rings. The number of nitrogens with zero attached hydrogens (tertiary/aromatic N) is 1. The van der Waals surface area contributed by atoms with Crippen LogP contribution in [0, 0.1) is 0 Å². The van der Waals surface area contributed by atoms with Crippen LogP contribution in [0.15, 0.2) is 18.2 Å². The molecule has 1 aromatic rings. The summed E-state index contributed by atoms with van der Waals surface area (Å²) in [6.45, 7) is 4.80. The molecule has 1 N–H and O–H groups in total. The van der Waals surface area contributed by atoms with Gasteiger partial charge in [-0.3, -0.25) is 0 Å². The second-order valence-corrected chi connectivity index (χ2v) is 5.52. The lowest BCUT2D eigenvalue weighted by atomic mass is 10.2. The van der Waals surface area contributed by atoms with E-state index in [0.29, 0.717) is 19.6 Å². The number of ether oxygens (including phenoxy) is 3. The SMILES string of the molecule is CCN(Cc1ccc2c(c1)OCO2)C(=O)NCC1CCCO1. The van der Waals surface area contributed by atoms with Crippen molar-refractivity contribution in [2.75, 3.05) is 26.5 Å². The molecule has 6 nitrogen and oxygen atoms in total. The maximum atomic E-state index is 12.3. The number of carbonyl (C=O) groups is 1. The lowest BCUT2D eigenvalue weighted by molar-refractivity contribution is 0.109. The average molecular weight is 306 g/mol. The maximum absolute atomic E-state index is 12.3. The summed E-state index contributed by atoms with van der Waals surface area (Å²) in [6, 6.07) is 5.72. The van der Waals surface area contributed by atoms with Crippen molar-refractivity contribution in [3.63, 3.8) is 0 Å². The number of fused-ring (bicyclic) bond motifs is 1. The predicted octanol–water partition coefficient (Wildman–Crippen LogP) is 2.13. The van der Waals surface area contributed by atoms with Crippen molar-refractivity contribution in [1.29, 1.82) is 0 Å². The van der Waals surface area contributed by atoms with E-state index in [-0.39, 0.29) is 18.9 Å². The van der Waals surface area contributed by atoms with Crippen molar-refractivity contribution < 1.29 is 19.0 Å². The Morgan fingerprint density at radius 2 is 2.23 bits per heavy atom. The molecule has 0 bridgehead atoms. The Bertz CT molecular complexity index is 529. The minimum Gasteiger partial charge on any atom is -0.454 e. The van der Waals surface area contributed by atoms with E-state index in [0.717, 1.165) is 36.5 Å². The van der Waals surface area contributed by atoms with Gasteiger partial charge in [0.25, 0.3) is 0 Å². The second-order valence-electron chi connectivity index (χ2n) is 5.52. The van der Waals surface area contributed by atoms with Gasteiger partial charge < -0.3 is 24.4 Å². The zero-order valence-electron chi connectivity index (χ0n) is 12.8. The number of hydrogen-bond acceptors (Lipinski definition) is 4. The Balaban J connectivity index is 1.55. The largest absolute Gasteiger partial charge is 0.454 e. The highest BCUT2D eigenvalue weighted by molar-refractivity contribution is 5.74. The zero-order valence-corrected chi connectivity index (χ0v) is 12.8. The summed E-state index contributed by atoms with van der Waals surface area (Å²) in [5.41, 5.74) is 1.03. The van der Waals surface area contributed by atoms with Crippen molar-refractivity contribution in [3.8, 4) is 11.5 Å². The van der Waals surface area contributed by atoms with Crippen molar-refractivity contribution in [2.24, 2.45) is 0 Å². The molecule has 0 aliphatic carbocycles. The summed E-state index contributed by atoms with van der Waals surface area (Å²) in [4.78, 5) is 14.0. The lowest BCUT2D eigenvalue weighted by Crippen LogP contribution is -2.42. The quantitative estimate of drug-likeness (QED) is 0.905. The average Bonchev–Trinajstić information content (AvgIpc) is 3.20. The molecule has 0 radical (unpaired) electrons. The Morgan fingerprint density at radius 1 is 1.36 bits per heavy atom. The third-order valence-corrected chi connectivity index (χ3v) is 3.98. The molecule has 1 saturated heterocycles. The summed E-state index contributed by atoms with van der Waals surface area (Å²) >= 11 is 0. The number of urea groups is 1. The molecule has 2 heterocycles. The van der Waals surface area contributed by atoms with Gasteiger partial charge in [-0.15, -0.1) is 0 Å². The molecule has 1 unspecified atom stereocenters. The van der Waals surface area contributed by atoms with Crippen molar-refractivity contribution in [2.45, 2.75) is 32.4 Å². The summed E-state index contributed by atoms with van der Waals surface area (Å²) in [7, 11) is 0. The molecule has 6 heteroatoms. The molecule has 0 aromatic heterocycles. The number of benzene rings is 1. The Hall–Kier alpha value is -1.95. The topological polar surface area (TPSA) is 60.0 Å². The van der Waals surface area contributed by atoms with Crippen LogP contribution in [0.2, 0.25) is 0 Å². The number of nitrogens with one attached hydrogen (secondary N) is 1. The van der Waals surface area contributed by atoms with E-state index >= 15 is 0 Å². The van der Waals surface area contributed by atoms with Crippen LogP contribution in [-0.4, -0.2) is 43.5 Å². The van der Waals surface area contributed by atoms with Crippen LogP contribution in [0.25, 0.3) is 0 Å². The van der Waals surface area contributed by atoms with Gasteiger partial charge in [0.15, 0.2) is 11.5 Å². The first-order valence-corrected chi connectivity index (χ1v) is 7.79. The first-order chi connectivity index (χ1) is 10.8. The van der Waals surface area contributed by atoms with Crippen LogP contribution < -0.4 is 14.8 Å². The van der Waals surface area contributed by atoms with E-state index in [9.17, 15) is 4.79 Å². The molecule has 120 valence electrons. The highest BCUT2D eigenvalue weighted by Crippen LogP contribution is 2.32. The fourth-order valence-electron chi connectivity index (χ4n) is 2.71. The van der Waals surface area contributed by atoms with Gasteiger partial charge in [0.1, 0.15) is 0 Å². The summed E-state index contributed by atoms with van der Waals surface area (Å²) in [6.07, 6.45) is 2.26. The molecule has 0 saturated carbocycles. The monoisotopic (exact) mass is 306 g/mol. The fourth-order valence-corrected chi connectivity index (χ4v) is 2.71. The molecule has 2 aliphatic heterocycles. The molecule has 1 aromatic carbocycles. The second kappa shape index (κ2) is 6.87. The number of hydrogen-bond donors (Lipinski definition) is 1. The van der Waals surface area contributed by atoms with E-state index in [2.05, 4.69) is 5.32 Å². The zero-order chi connectivity index (χ0) is 15.4. The maximum Gasteiger partial charge on any atom is 0.317 e. The predicted molar refractivity (Wildman–Crippen MR) is 81.0 cm³/mol. The van der Waals surface area contributed by atoms with E-state index < -0.39 is 0 Å². The van der Waals surface area contributed by atoms with Gasteiger partial charge in [-0.2, -0.15) is 0 Å². The van der Waals surface area contributed by atoms with Gasteiger partial charge in [-0.25, -0.2) is 4.79 Å². The van der Waals surface area contributed by atoms with Gasteiger partial charge in [-0.05, 0) is 37.5 Å². The fraction of sp³-hybridized carbons (Fsp3) is 0.562. The molecular weight excluding hydrogens is 284 g/mol. The third-order valence-electron chi connectivity index (χ3n) is 3.98. The normalized spacial score (nSPS) is 19.2. The molecule has 1 atom stereocenters. The third kappa shape index (κ3) is 3.44. The van der Waals surface area contributed by atoms with Crippen molar-refractivity contribution in [3.05, 3.63) is 23.8 Å². The molecule has 2 amide bonds. The van der Waals surface area contributed by atoms with Gasteiger partial charge in [-0.1, -0.05) is 6.07 Å². The van der Waals surface area contributed by atoms with E-state index in [1.165, 1.54) is 0 Å². The van der Waals surface area contributed by atoms with Gasteiger partial charge >= 0.3 is 6.03 Å². The highest BCUT2D eigenvalue weighted by Gasteiger charge is 2.19. The minimum atomic E-state index is -0.0596. The lowest BCUT2D eigenvalue weighted by Gasteiger charge is -2.22. The van der Waals surface area contributed by atoms with E-state index in [4.69, 9.17) is 14.2 Å². The van der Waals surface area contributed by atoms with Crippen LogP contribution in [-0.2, 0) is 11.3 Å². The van der Waals surface area contributed by atoms with Crippen LogP contribution in [0.3, 0.4) is 0 Å². The molecule has 0 spiro atoms. The number of rotatable bonds is 5. The van der Waals surface area contributed by atoms with Gasteiger partial charge in [0.05, 0.1) is 6.10 Å². The summed E-state index contributed by atoms with van der Waals surface area (Å²) in [5.74, 6) is 1.50. The minimum absolute atomic E-state index is 0.0596. The Kier molecular flexibility index (Phi) is 4.68. The van der Waals surface area contributed by atoms with Crippen molar-refractivity contribution >= 4 is 6.03 Å². The molecule has 3 rings (SSSR count). The van der Waals surface area contributed by atoms with Crippen LogP contribution in [0.1, 0.15) is 25.3 Å². The first kappa shape index (κ1) is 15.0. The van der Waals surface area contributed by atoms with Crippen LogP contribution >= 0.6 is 0 Å². The number of amides is 2. The first-order valence-electron chi connectivity index (χ1n) is 7.79. The molecule has 22 heavy (non-hydrogen) atoms. The van der Waals surface area contributed by atoms with Gasteiger partial charge in [0, 0.05) is 26.2 Å². The molecular formula is C16H22N2O4. The highest BCUT2D eigenvalue weighted by atomic mass is 16.7. The van der Waals surface area contributed by atoms with Gasteiger partial charge in [0.2, 0.25) is 6.79 Å². The summed E-state index contributed by atoms with van der Waals surface area (Å²) in [5, 5.41) is 2.95. The van der Waals surface area contributed by atoms with Crippen LogP contribution in [0.5, 0.6) is 11.5 Å². The number of carbonyl (C=O) groups excluding carboxylic acids is 1. The standard InChI is InChI=1S/C16H22N2O4/c1-2-18(16(19)17-9-13-4-3-7-20-13)10-12-5-6-14-15(8-12)22-11-21-14/h5-6,8,13H,2-4,7,9-11H2,1H3,(H,17,19). The summed E-state index contributed by atoms with van der Waals surface area (Å²) < 4.78 is 16.2.